The Morgan fingerprint density at radius 1 is 0.939 bits per heavy atom. The van der Waals surface area contributed by atoms with E-state index in [9.17, 15) is 9.59 Å². The Balaban J connectivity index is 1.44. The number of rotatable bonds is 3. The molecule has 1 atom stereocenters. The molecular weight excluding hydrogens is 418 g/mol. The Labute approximate surface area is 192 Å². The van der Waals surface area contributed by atoms with Gasteiger partial charge in [0.15, 0.2) is 6.10 Å². The molecule has 1 unspecified atom stereocenters. The summed E-state index contributed by atoms with van der Waals surface area (Å²) in [4.78, 5) is 34.8. The van der Waals surface area contributed by atoms with Crippen LogP contribution in [0.2, 0.25) is 0 Å². The maximum absolute atomic E-state index is 13.7. The molecule has 2 aliphatic rings. The summed E-state index contributed by atoms with van der Waals surface area (Å²) in [5.41, 5.74) is 3.60. The second-order valence-corrected chi connectivity index (χ2v) is 8.12. The second-order valence-electron chi connectivity index (χ2n) is 8.12. The van der Waals surface area contributed by atoms with Gasteiger partial charge >= 0.3 is 0 Å². The standard InChI is InChI=1S/C26H25N3O4/c1-18-20(11-12-21(27-18)19-7-3-2-4-8-19)25(30)29-17-24(26(31)28-13-15-32-16-14-28)33-23-10-6-5-9-22(23)29/h2-12,24H,13-17H2,1H3. The first-order valence-corrected chi connectivity index (χ1v) is 11.1. The van der Waals surface area contributed by atoms with E-state index in [1.54, 1.807) is 15.9 Å². The molecule has 0 spiro atoms. The van der Waals surface area contributed by atoms with Crippen LogP contribution in [0.15, 0.2) is 66.7 Å². The molecule has 33 heavy (non-hydrogen) atoms. The van der Waals surface area contributed by atoms with E-state index in [2.05, 4.69) is 4.98 Å². The highest BCUT2D eigenvalue weighted by Crippen LogP contribution is 2.35. The highest BCUT2D eigenvalue weighted by molar-refractivity contribution is 6.08. The number of fused-ring (bicyclic) bond motifs is 1. The fraction of sp³-hybridized carbons (Fsp3) is 0.269. The summed E-state index contributed by atoms with van der Waals surface area (Å²) < 4.78 is 11.4. The third-order valence-electron chi connectivity index (χ3n) is 6.00. The number of pyridine rings is 1. The molecule has 0 saturated carbocycles. The Hall–Kier alpha value is -3.71. The summed E-state index contributed by atoms with van der Waals surface area (Å²) >= 11 is 0. The first-order chi connectivity index (χ1) is 16.1. The lowest BCUT2D eigenvalue weighted by atomic mass is 10.1. The highest BCUT2D eigenvalue weighted by Gasteiger charge is 2.37. The third kappa shape index (κ3) is 4.19. The summed E-state index contributed by atoms with van der Waals surface area (Å²) in [5.74, 6) is 0.199. The lowest BCUT2D eigenvalue weighted by Crippen LogP contribution is -2.54. The number of anilines is 1. The lowest BCUT2D eigenvalue weighted by molar-refractivity contribution is -0.142. The summed E-state index contributed by atoms with van der Waals surface area (Å²) in [7, 11) is 0. The minimum absolute atomic E-state index is 0.125. The third-order valence-corrected chi connectivity index (χ3v) is 6.00. The fourth-order valence-electron chi connectivity index (χ4n) is 4.24. The number of aryl methyl sites for hydroxylation is 1. The molecule has 0 N–H and O–H groups in total. The van der Waals surface area contributed by atoms with Gasteiger partial charge in [-0.05, 0) is 31.2 Å². The van der Waals surface area contributed by atoms with Gasteiger partial charge in [0.25, 0.3) is 11.8 Å². The number of ether oxygens (including phenoxy) is 2. The molecule has 1 fully saturated rings. The molecule has 7 nitrogen and oxygen atoms in total. The summed E-state index contributed by atoms with van der Waals surface area (Å²) in [5, 5.41) is 0. The van der Waals surface area contributed by atoms with Crippen LogP contribution >= 0.6 is 0 Å². The number of carbonyl (C=O) groups is 2. The zero-order chi connectivity index (χ0) is 22.8. The van der Waals surface area contributed by atoms with Gasteiger partial charge < -0.3 is 19.3 Å². The van der Waals surface area contributed by atoms with Gasteiger partial charge in [-0.25, -0.2) is 0 Å². The average molecular weight is 444 g/mol. The van der Waals surface area contributed by atoms with E-state index in [1.807, 2.05) is 67.6 Å². The minimum Gasteiger partial charge on any atom is -0.476 e. The van der Waals surface area contributed by atoms with E-state index in [4.69, 9.17) is 9.47 Å². The molecule has 7 heteroatoms. The van der Waals surface area contributed by atoms with Gasteiger partial charge in [-0.2, -0.15) is 0 Å². The van der Waals surface area contributed by atoms with Crippen molar-refractivity contribution in [3.05, 3.63) is 78.0 Å². The van der Waals surface area contributed by atoms with E-state index in [-0.39, 0.29) is 18.4 Å². The van der Waals surface area contributed by atoms with Crippen molar-refractivity contribution in [3.63, 3.8) is 0 Å². The number of hydrogen-bond donors (Lipinski definition) is 0. The van der Waals surface area contributed by atoms with Gasteiger partial charge in [-0.1, -0.05) is 42.5 Å². The van der Waals surface area contributed by atoms with E-state index in [0.717, 1.165) is 11.3 Å². The Kier molecular flexibility index (Phi) is 5.79. The van der Waals surface area contributed by atoms with E-state index in [1.165, 1.54) is 0 Å². The van der Waals surface area contributed by atoms with Gasteiger partial charge in [0.05, 0.1) is 42.4 Å². The fourth-order valence-corrected chi connectivity index (χ4v) is 4.24. The van der Waals surface area contributed by atoms with Crippen molar-refractivity contribution in [3.8, 4) is 17.0 Å². The Bertz CT molecular complexity index is 1180. The summed E-state index contributed by atoms with van der Waals surface area (Å²) in [6, 6.07) is 20.8. The SMILES string of the molecule is Cc1nc(-c2ccccc2)ccc1C(=O)N1CC(C(=O)N2CCOCC2)Oc2ccccc21. The quantitative estimate of drug-likeness (QED) is 0.621. The van der Waals surface area contributed by atoms with Crippen molar-refractivity contribution >= 4 is 17.5 Å². The van der Waals surface area contributed by atoms with Gasteiger partial charge in [0, 0.05) is 18.7 Å². The van der Waals surface area contributed by atoms with Crippen LogP contribution in [0.5, 0.6) is 5.75 Å². The second kappa shape index (κ2) is 9.03. The Morgan fingerprint density at radius 3 is 2.42 bits per heavy atom. The van der Waals surface area contributed by atoms with Gasteiger partial charge in [-0.15, -0.1) is 0 Å². The van der Waals surface area contributed by atoms with E-state index >= 15 is 0 Å². The Morgan fingerprint density at radius 2 is 1.67 bits per heavy atom. The zero-order valence-electron chi connectivity index (χ0n) is 18.4. The van der Waals surface area contributed by atoms with Crippen LogP contribution in [0, 0.1) is 6.92 Å². The number of aromatic nitrogens is 1. The number of amides is 2. The molecule has 1 aromatic heterocycles. The van der Waals surface area contributed by atoms with Gasteiger partial charge in [0.2, 0.25) is 0 Å². The summed E-state index contributed by atoms with van der Waals surface area (Å²) in [6.45, 7) is 4.05. The number of morpholine rings is 1. The van der Waals surface area contributed by atoms with Crippen molar-refractivity contribution in [2.24, 2.45) is 0 Å². The molecule has 2 amide bonds. The molecule has 168 valence electrons. The number of hydrogen-bond acceptors (Lipinski definition) is 5. The number of benzene rings is 2. The maximum Gasteiger partial charge on any atom is 0.265 e. The van der Waals surface area contributed by atoms with Gasteiger partial charge in [0.1, 0.15) is 5.75 Å². The molecule has 1 saturated heterocycles. The number of para-hydroxylation sites is 2. The summed E-state index contributed by atoms with van der Waals surface area (Å²) in [6.07, 6.45) is -0.765. The molecule has 2 aromatic carbocycles. The topological polar surface area (TPSA) is 72.0 Å². The molecule has 0 bridgehead atoms. The molecule has 5 rings (SSSR count). The smallest absolute Gasteiger partial charge is 0.265 e. The first-order valence-electron chi connectivity index (χ1n) is 11.1. The van der Waals surface area contributed by atoms with Crippen LogP contribution in [0.1, 0.15) is 16.1 Å². The van der Waals surface area contributed by atoms with Crippen LogP contribution < -0.4 is 9.64 Å². The molecule has 0 radical (unpaired) electrons. The molecule has 3 aromatic rings. The van der Waals surface area contributed by atoms with Crippen molar-refractivity contribution in [2.45, 2.75) is 13.0 Å². The van der Waals surface area contributed by atoms with Crippen molar-refractivity contribution in [2.75, 3.05) is 37.7 Å². The minimum atomic E-state index is -0.765. The van der Waals surface area contributed by atoms with Crippen LogP contribution in [-0.4, -0.2) is 60.7 Å². The van der Waals surface area contributed by atoms with Gasteiger partial charge in [-0.3, -0.25) is 14.6 Å². The van der Waals surface area contributed by atoms with Crippen molar-refractivity contribution < 1.29 is 19.1 Å². The molecular formula is C26H25N3O4. The van der Waals surface area contributed by atoms with Crippen LogP contribution in [-0.2, 0) is 9.53 Å². The zero-order valence-corrected chi connectivity index (χ0v) is 18.4. The molecule has 2 aliphatic heterocycles. The number of carbonyl (C=O) groups excluding carboxylic acids is 2. The van der Waals surface area contributed by atoms with E-state index in [0.29, 0.717) is 49.0 Å². The highest BCUT2D eigenvalue weighted by atomic mass is 16.5. The lowest BCUT2D eigenvalue weighted by Gasteiger charge is -2.37. The van der Waals surface area contributed by atoms with E-state index < -0.39 is 6.10 Å². The maximum atomic E-state index is 13.7. The first kappa shape index (κ1) is 21.2. The molecule has 3 heterocycles. The normalized spacial score (nSPS) is 17.8. The van der Waals surface area contributed by atoms with Crippen LogP contribution in [0.4, 0.5) is 5.69 Å². The van der Waals surface area contributed by atoms with Crippen molar-refractivity contribution in [1.29, 1.82) is 0 Å². The van der Waals surface area contributed by atoms with Crippen LogP contribution in [0.3, 0.4) is 0 Å². The molecule has 0 aliphatic carbocycles. The predicted molar refractivity (Wildman–Crippen MR) is 124 cm³/mol. The average Bonchev–Trinajstić information content (AvgIpc) is 2.88. The number of nitrogens with zero attached hydrogens (tertiary/aromatic N) is 3. The monoisotopic (exact) mass is 443 g/mol. The largest absolute Gasteiger partial charge is 0.476 e. The van der Waals surface area contributed by atoms with Crippen LogP contribution in [0.25, 0.3) is 11.3 Å². The van der Waals surface area contributed by atoms with Crippen molar-refractivity contribution in [1.82, 2.24) is 9.88 Å². The predicted octanol–water partition coefficient (Wildman–Crippen LogP) is 3.32.